The molecule has 0 saturated heterocycles. The lowest BCUT2D eigenvalue weighted by molar-refractivity contribution is -0.115. The van der Waals surface area contributed by atoms with Gasteiger partial charge in [-0.1, -0.05) is 0 Å². The number of hydrogen-bond acceptors (Lipinski definition) is 2. The molecule has 1 rings (SSSR count). The summed E-state index contributed by atoms with van der Waals surface area (Å²) in [4.78, 5) is 11.1. The van der Waals surface area contributed by atoms with Crippen LogP contribution in [0.2, 0.25) is 0 Å². The van der Waals surface area contributed by atoms with E-state index in [2.05, 4.69) is 5.32 Å². The first-order valence-electron chi connectivity index (χ1n) is 4.19. The van der Waals surface area contributed by atoms with E-state index in [1.165, 1.54) is 19.1 Å². The Kier molecular flexibility index (Phi) is 3.64. The van der Waals surface area contributed by atoms with Crippen LogP contribution in [0.1, 0.15) is 12.5 Å². The first-order valence-corrected chi connectivity index (χ1v) is 4.63. The summed E-state index contributed by atoms with van der Waals surface area (Å²) in [5.74, 6) is -1.14. The molecule has 0 aromatic heterocycles. The number of hydrogen-bond donors (Lipinski definition) is 1. The Balaban J connectivity index is 2.89. The summed E-state index contributed by atoms with van der Waals surface area (Å²) in [5.41, 5.74) is 0.218. The Morgan fingerprint density at radius 2 is 2.33 bits per heavy atom. The fourth-order valence-electron chi connectivity index (χ4n) is 0.918. The molecule has 0 aliphatic rings. The summed E-state index contributed by atoms with van der Waals surface area (Å²) < 4.78 is 13.3. The standard InChI is InChI=1S/C10H8ClFN2O/c1-6(11)10(15)14-9-3-2-7(5-13)4-8(9)12/h2-4,6H,1H3,(H,14,15). The smallest absolute Gasteiger partial charge is 0.242 e. The number of nitriles is 1. The van der Waals surface area contributed by atoms with E-state index in [4.69, 9.17) is 16.9 Å². The molecule has 0 saturated carbocycles. The molecule has 0 fully saturated rings. The van der Waals surface area contributed by atoms with Crippen molar-refractivity contribution in [1.82, 2.24) is 0 Å². The van der Waals surface area contributed by atoms with Crippen molar-refractivity contribution in [3.8, 4) is 6.07 Å². The molecule has 1 aromatic carbocycles. The second-order valence-corrected chi connectivity index (χ2v) is 3.57. The maximum atomic E-state index is 13.3. The van der Waals surface area contributed by atoms with Crippen LogP contribution in [0.5, 0.6) is 0 Å². The second-order valence-electron chi connectivity index (χ2n) is 2.91. The number of nitrogens with one attached hydrogen (secondary N) is 1. The first kappa shape index (κ1) is 11.5. The summed E-state index contributed by atoms with van der Waals surface area (Å²) in [7, 11) is 0. The van der Waals surface area contributed by atoms with Gasteiger partial charge >= 0.3 is 0 Å². The zero-order valence-electron chi connectivity index (χ0n) is 7.92. The number of anilines is 1. The van der Waals surface area contributed by atoms with Gasteiger partial charge in [0.15, 0.2) is 0 Å². The number of halogens is 2. The van der Waals surface area contributed by atoms with Crippen molar-refractivity contribution in [2.75, 3.05) is 5.32 Å². The first-order chi connectivity index (χ1) is 7.04. The molecule has 1 atom stereocenters. The number of rotatable bonds is 2. The molecule has 0 aliphatic carbocycles. The molecule has 1 unspecified atom stereocenters. The molecule has 5 heteroatoms. The lowest BCUT2D eigenvalue weighted by Crippen LogP contribution is -2.20. The minimum Gasteiger partial charge on any atom is -0.322 e. The molecule has 0 aliphatic heterocycles. The Hall–Kier alpha value is -1.60. The average molecular weight is 227 g/mol. The number of carbonyl (C=O) groups is 1. The van der Waals surface area contributed by atoms with Gasteiger partial charge in [0.05, 0.1) is 17.3 Å². The minimum atomic E-state index is -0.736. The monoisotopic (exact) mass is 226 g/mol. The summed E-state index contributed by atoms with van der Waals surface area (Å²) in [6, 6.07) is 5.58. The van der Waals surface area contributed by atoms with Crippen LogP contribution >= 0.6 is 11.6 Å². The Labute approximate surface area is 91.5 Å². The van der Waals surface area contributed by atoms with Crippen molar-refractivity contribution in [1.29, 1.82) is 5.26 Å². The maximum Gasteiger partial charge on any atom is 0.242 e. The number of amides is 1. The zero-order valence-corrected chi connectivity index (χ0v) is 8.68. The topological polar surface area (TPSA) is 52.9 Å². The van der Waals surface area contributed by atoms with Gasteiger partial charge in [-0.15, -0.1) is 11.6 Å². The fraction of sp³-hybridized carbons (Fsp3) is 0.200. The second kappa shape index (κ2) is 4.76. The minimum absolute atomic E-state index is 0.0199. The van der Waals surface area contributed by atoms with Crippen molar-refractivity contribution >= 4 is 23.2 Å². The highest BCUT2D eigenvalue weighted by Gasteiger charge is 2.11. The van der Waals surface area contributed by atoms with Gasteiger partial charge in [-0.3, -0.25) is 4.79 Å². The Morgan fingerprint density at radius 3 is 2.80 bits per heavy atom. The van der Waals surface area contributed by atoms with Crippen LogP contribution in [0.25, 0.3) is 0 Å². The zero-order chi connectivity index (χ0) is 11.4. The lowest BCUT2D eigenvalue weighted by atomic mass is 10.2. The van der Waals surface area contributed by atoms with Crippen molar-refractivity contribution in [2.24, 2.45) is 0 Å². The average Bonchev–Trinajstić information content (AvgIpc) is 2.20. The van der Waals surface area contributed by atoms with Gasteiger partial charge in [0.2, 0.25) is 5.91 Å². The van der Waals surface area contributed by atoms with Crippen LogP contribution in [0.3, 0.4) is 0 Å². The molecule has 1 amide bonds. The van der Waals surface area contributed by atoms with E-state index in [0.717, 1.165) is 6.07 Å². The molecule has 1 aromatic rings. The largest absolute Gasteiger partial charge is 0.322 e. The molecule has 0 heterocycles. The molecule has 3 nitrogen and oxygen atoms in total. The number of benzene rings is 1. The van der Waals surface area contributed by atoms with E-state index in [0.29, 0.717) is 0 Å². The van der Waals surface area contributed by atoms with E-state index in [1.54, 1.807) is 6.07 Å². The predicted octanol–water partition coefficient (Wildman–Crippen LogP) is 2.26. The predicted molar refractivity (Wildman–Crippen MR) is 55.1 cm³/mol. The van der Waals surface area contributed by atoms with Crippen molar-refractivity contribution in [3.05, 3.63) is 29.6 Å². The highest BCUT2D eigenvalue weighted by atomic mass is 35.5. The summed E-state index contributed by atoms with van der Waals surface area (Å²) >= 11 is 5.50. The van der Waals surface area contributed by atoms with Gasteiger partial charge in [-0.2, -0.15) is 5.26 Å². The highest BCUT2D eigenvalue weighted by molar-refractivity contribution is 6.32. The lowest BCUT2D eigenvalue weighted by Gasteiger charge is -2.07. The van der Waals surface area contributed by atoms with E-state index < -0.39 is 17.1 Å². The van der Waals surface area contributed by atoms with Crippen LogP contribution in [-0.2, 0) is 4.79 Å². The third kappa shape index (κ3) is 2.93. The molecule has 15 heavy (non-hydrogen) atoms. The van der Waals surface area contributed by atoms with E-state index in [9.17, 15) is 9.18 Å². The summed E-state index contributed by atoms with van der Waals surface area (Å²) in [5, 5.41) is 10.1. The molecule has 1 N–H and O–H groups in total. The highest BCUT2D eigenvalue weighted by Crippen LogP contribution is 2.16. The van der Waals surface area contributed by atoms with Gasteiger partial charge in [0, 0.05) is 0 Å². The molecule has 78 valence electrons. The van der Waals surface area contributed by atoms with Crippen LogP contribution in [0, 0.1) is 17.1 Å². The van der Waals surface area contributed by atoms with Crippen LogP contribution in [-0.4, -0.2) is 11.3 Å². The Bertz CT molecular complexity index is 426. The van der Waals surface area contributed by atoms with Crippen molar-refractivity contribution < 1.29 is 9.18 Å². The van der Waals surface area contributed by atoms with E-state index in [-0.39, 0.29) is 11.3 Å². The third-order valence-electron chi connectivity index (χ3n) is 1.72. The van der Waals surface area contributed by atoms with Gasteiger partial charge in [-0.25, -0.2) is 4.39 Å². The molecule has 0 radical (unpaired) electrons. The quantitative estimate of drug-likeness (QED) is 0.787. The summed E-state index contributed by atoms with van der Waals surface area (Å²) in [6.07, 6.45) is 0. The van der Waals surface area contributed by atoms with Crippen molar-refractivity contribution in [2.45, 2.75) is 12.3 Å². The van der Waals surface area contributed by atoms with Crippen LogP contribution < -0.4 is 5.32 Å². The van der Waals surface area contributed by atoms with E-state index in [1.807, 2.05) is 0 Å². The molecule has 0 bridgehead atoms. The number of alkyl halides is 1. The fourth-order valence-corrected chi connectivity index (χ4v) is 0.973. The van der Waals surface area contributed by atoms with E-state index >= 15 is 0 Å². The van der Waals surface area contributed by atoms with Crippen LogP contribution in [0.4, 0.5) is 10.1 Å². The van der Waals surface area contributed by atoms with Gasteiger partial charge in [0.25, 0.3) is 0 Å². The SMILES string of the molecule is CC(Cl)C(=O)Nc1ccc(C#N)cc1F. The molecular weight excluding hydrogens is 219 g/mol. The number of carbonyl (C=O) groups excluding carboxylic acids is 1. The maximum absolute atomic E-state index is 13.3. The third-order valence-corrected chi connectivity index (χ3v) is 1.92. The molecular formula is C10H8ClFN2O. The normalized spacial score (nSPS) is 11.6. The summed E-state index contributed by atoms with van der Waals surface area (Å²) in [6.45, 7) is 1.48. The molecule has 0 spiro atoms. The Morgan fingerprint density at radius 1 is 1.67 bits per heavy atom. The number of nitrogens with zero attached hydrogens (tertiary/aromatic N) is 1. The van der Waals surface area contributed by atoms with Gasteiger partial charge in [0.1, 0.15) is 11.2 Å². The van der Waals surface area contributed by atoms with Crippen molar-refractivity contribution in [3.63, 3.8) is 0 Å². The van der Waals surface area contributed by atoms with Gasteiger partial charge in [-0.05, 0) is 25.1 Å². The van der Waals surface area contributed by atoms with Crippen LogP contribution in [0.15, 0.2) is 18.2 Å². The van der Waals surface area contributed by atoms with Gasteiger partial charge < -0.3 is 5.32 Å².